The van der Waals surface area contributed by atoms with E-state index in [1.54, 1.807) is 0 Å². The van der Waals surface area contributed by atoms with Crippen LogP contribution < -0.4 is 0 Å². The van der Waals surface area contributed by atoms with Gasteiger partial charge in [-0.05, 0) is 0 Å². The minimum atomic E-state index is -1.26. The van der Waals surface area contributed by atoms with Crippen LogP contribution in [0.25, 0.3) is 14.5 Å². The van der Waals surface area contributed by atoms with Crippen LogP contribution in [0.4, 0.5) is 0 Å². The summed E-state index contributed by atoms with van der Waals surface area (Å²) in [7, 11) is 0. The summed E-state index contributed by atoms with van der Waals surface area (Å²) in [6.07, 6.45) is 0.359. The van der Waals surface area contributed by atoms with E-state index in [0.29, 0.717) is 0 Å². The fourth-order valence-corrected chi connectivity index (χ4v) is 1.44. The Balaban J connectivity index is 4.77. The summed E-state index contributed by atoms with van der Waals surface area (Å²) in [5.74, 6) is 0. The van der Waals surface area contributed by atoms with Gasteiger partial charge in [-0.2, -0.15) is 0 Å². The van der Waals surface area contributed by atoms with Crippen LogP contribution in [0.1, 0.15) is 19.3 Å². The quantitative estimate of drug-likeness (QED) is 0.374. The molecule has 0 aromatic carbocycles. The number of nitrogens with zero attached hydrogens (tertiary/aromatic N) is 4. The van der Waals surface area contributed by atoms with Crippen LogP contribution in [0.2, 0.25) is 0 Å². The Hall–Kier alpha value is -2.13. The lowest BCUT2D eigenvalue weighted by Gasteiger charge is -2.19. The Kier molecular flexibility index (Phi) is 6.24. The summed E-state index contributed by atoms with van der Waals surface area (Å²) >= 11 is 0. The van der Waals surface area contributed by atoms with E-state index in [0.717, 1.165) is 0 Å². The van der Waals surface area contributed by atoms with Crippen molar-refractivity contribution in [1.29, 1.82) is 0 Å². The van der Waals surface area contributed by atoms with Crippen molar-refractivity contribution in [2.24, 2.45) is 0 Å². The molecule has 0 heterocycles. The molecular weight excluding hydrogens is 208 g/mol. The lowest BCUT2D eigenvalue weighted by molar-refractivity contribution is -0.572. The molecule has 0 spiro atoms. The normalized spacial score (nSPS) is 9.81. The van der Waals surface area contributed by atoms with Crippen molar-refractivity contribution in [2.75, 3.05) is 19.6 Å². The van der Waals surface area contributed by atoms with E-state index >= 15 is 0 Å². The highest BCUT2D eigenvalue weighted by atomic mass is 16.6. The van der Waals surface area contributed by atoms with Crippen LogP contribution in [-0.2, 0) is 0 Å². The molecular formula is C10H12N4O2. The topological polar surface area (TPSA) is 56.2 Å². The Bertz CT molecular complexity index is 313. The average molecular weight is 220 g/mol. The van der Waals surface area contributed by atoms with Crippen LogP contribution in [-0.4, -0.2) is 30.1 Å². The Labute approximate surface area is 94.5 Å². The van der Waals surface area contributed by atoms with Gasteiger partial charge in [0.05, 0.1) is 19.3 Å². The largest absolute Gasteiger partial charge is 0.317 e. The van der Waals surface area contributed by atoms with Gasteiger partial charge >= 0.3 is 0 Å². The maximum Gasteiger partial charge on any atom is 0.243 e. The number of hydrogen-bond acceptors (Lipinski definition) is 2. The van der Waals surface area contributed by atoms with Crippen LogP contribution in [0, 0.1) is 29.8 Å². The third-order valence-electron chi connectivity index (χ3n) is 2.45. The lowest BCUT2D eigenvalue weighted by Crippen LogP contribution is -2.40. The van der Waals surface area contributed by atoms with Gasteiger partial charge in [-0.15, -0.1) is 0 Å². The van der Waals surface area contributed by atoms with Gasteiger partial charge in [0.15, 0.2) is 0 Å². The highest BCUT2D eigenvalue weighted by Gasteiger charge is 2.45. The summed E-state index contributed by atoms with van der Waals surface area (Å²) in [5.41, 5.74) is -1.26. The van der Waals surface area contributed by atoms with Crippen LogP contribution in [0.3, 0.4) is 0 Å². The zero-order valence-corrected chi connectivity index (χ0v) is 8.85. The lowest BCUT2D eigenvalue weighted by atomic mass is 9.88. The van der Waals surface area contributed by atoms with E-state index in [2.05, 4.69) is 14.5 Å². The average Bonchev–Trinajstić information content (AvgIpc) is 2.28. The molecule has 6 heteroatoms. The van der Waals surface area contributed by atoms with Gasteiger partial charge in [0.1, 0.15) is 0 Å². The molecule has 0 bridgehead atoms. The molecule has 0 rings (SSSR count). The van der Waals surface area contributed by atoms with E-state index < -0.39 is 10.5 Å². The molecule has 0 aliphatic heterocycles. The van der Waals surface area contributed by atoms with Crippen molar-refractivity contribution in [3.05, 3.63) is 44.4 Å². The Morgan fingerprint density at radius 2 is 1.25 bits per heavy atom. The molecule has 0 aliphatic carbocycles. The third kappa shape index (κ3) is 3.94. The second-order valence-corrected chi connectivity index (χ2v) is 3.38. The first-order valence-electron chi connectivity index (χ1n) is 4.77. The molecule has 84 valence electrons. The number of nitro groups is 1. The highest BCUT2D eigenvalue weighted by molar-refractivity contribution is 4.87. The molecule has 0 aromatic heterocycles. The van der Waals surface area contributed by atoms with Gasteiger partial charge in [-0.1, -0.05) is 0 Å². The van der Waals surface area contributed by atoms with Crippen LogP contribution in [0.5, 0.6) is 0 Å². The zero-order valence-electron chi connectivity index (χ0n) is 8.85. The van der Waals surface area contributed by atoms with E-state index in [9.17, 15) is 10.1 Å². The molecule has 0 radical (unpaired) electrons. The molecule has 0 N–H and O–H groups in total. The Morgan fingerprint density at radius 3 is 1.44 bits per heavy atom. The first-order valence-corrected chi connectivity index (χ1v) is 4.77. The molecule has 0 amide bonds. The van der Waals surface area contributed by atoms with Gasteiger partial charge in [0, 0.05) is 4.92 Å². The molecule has 0 fully saturated rings. The molecule has 16 heavy (non-hydrogen) atoms. The summed E-state index contributed by atoms with van der Waals surface area (Å²) in [5, 5.41) is 11.0. The van der Waals surface area contributed by atoms with Gasteiger partial charge < -0.3 is 14.5 Å². The van der Waals surface area contributed by atoms with E-state index in [1.807, 2.05) is 0 Å². The highest BCUT2D eigenvalue weighted by Crippen LogP contribution is 2.25. The van der Waals surface area contributed by atoms with Crippen molar-refractivity contribution >= 4 is 0 Å². The fourth-order valence-electron chi connectivity index (χ4n) is 1.44. The monoisotopic (exact) mass is 220 g/mol. The standard InChI is InChI=1S/C10H12N4O2/c1-11-7-4-10(14(15)16,5-8-12-2)6-9-13-3/h4-9H2. The fraction of sp³-hybridized carbons (Fsp3) is 0.700. The summed E-state index contributed by atoms with van der Waals surface area (Å²) < 4.78 is 0. The minimum Gasteiger partial charge on any atom is -0.317 e. The van der Waals surface area contributed by atoms with E-state index in [1.165, 1.54) is 0 Å². The maximum absolute atomic E-state index is 11.0. The molecule has 0 saturated heterocycles. The van der Waals surface area contributed by atoms with Gasteiger partial charge in [0.2, 0.25) is 25.2 Å². The summed E-state index contributed by atoms with van der Waals surface area (Å²) in [4.78, 5) is 19.9. The maximum atomic E-state index is 11.0. The molecule has 0 atom stereocenters. The molecule has 0 aromatic rings. The second-order valence-electron chi connectivity index (χ2n) is 3.38. The van der Waals surface area contributed by atoms with Gasteiger partial charge in [-0.3, -0.25) is 10.1 Å². The first kappa shape index (κ1) is 13.9. The first-order chi connectivity index (χ1) is 7.63. The smallest absolute Gasteiger partial charge is 0.243 e. The predicted molar refractivity (Wildman–Crippen MR) is 58.0 cm³/mol. The SMILES string of the molecule is [C-]#[N+]CCC(CC[N+]#[C-])(CC[N+]#[C-])[N+](=O)[O-]. The summed E-state index contributed by atoms with van der Waals surface area (Å²) in [6.45, 7) is 20.2. The predicted octanol–water partition coefficient (Wildman–Crippen LogP) is 1.93. The third-order valence-corrected chi connectivity index (χ3v) is 2.45. The van der Waals surface area contributed by atoms with Crippen LogP contribution >= 0.6 is 0 Å². The molecule has 0 unspecified atom stereocenters. The van der Waals surface area contributed by atoms with Crippen molar-refractivity contribution in [3.63, 3.8) is 0 Å². The summed E-state index contributed by atoms with van der Waals surface area (Å²) in [6, 6.07) is 0. The molecule has 0 aliphatic rings. The van der Waals surface area contributed by atoms with Gasteiger partial charge in [0.25, 0.3) is 0 Å². The molecule has 0 saturated carbocycles. The van der Waals surface area contributed by atoms with Crippen molar-refractivity contribution in [1.82, 2.24) is 0 Å². The second kappa shape index (κ2) is 7.20. The minimum absolute atomic E-state index is 0.0664. The van der Waals surface area contributed by atoms with Crippen molar-refractivity contribution in [2.45, 2.75) is 24.8 Å². The van der Waals surface area contributed by atoms with Crippen molar-refractivity contribution in [3.8, 4) is 0 Å². The number of rotatable bonds is 7. The van der Waals surface area contributed by atoms with Gasteiger partial charge in [-0.25, -0.2) is 19.7 Å². The number of hydrogen-bond donors (Lipinski definition) is 0. The molecule has 6 nitrogen and oxygen atoms in total. The van der Waals surface area contributed by atoms with E-state index in [4.69, 9.17) is 19.7 Å². The van der Waals surface area contributed by atoms with E-state index in [-0.39, 0.29) is 38.9 Å². The van der Waals surface area contributed by atoms with Crippen molar-refractivity contribution < 1.29 is 4.92 Å². The van der Waals surface area contributed by atoms with Crippen LogP contribution in [0.15, 0.2) is 0 Å². The Morgan fingerprint density at radius 1 is 0.938 bits per heavy atom. The zero-order chi connectivity index (χ0) is 12.4.